The summed E-state index contributed by atoms with van der Waals surface area (Å²) in [6.45, 7) is 3.68. The molecular formula is C14H15BrO2. The predicted molar refractivity (Wildman–Crippen MR) is 73.7 cm³/mol. The van der Waals surface area contributed by atoms with Gasteiger partial charge in [-0.1, -0.05) is 52.8 Å². The molecule has 17 heavy (non-hydrogen) atoms. The van der Waals surface area contributed by atoms with Gasteiger partial charge < -0.3 is 4.74 Å². The number of hydrogen-bond acceptors (Lipinski definition) is 2. The molecule has 3 heteroatoms. The van der Waals surface area contributed by atoms with Crippen molar-refractivity contribution in [3.8, 4) is 0 Å². The minimum atomic E-state index is -0.343. The van der Waals surface area contributed by atoms with Crippen LogP contribution < -0.4 is 0 Å². The van der Waals surface area contributed by atoms with E-state index >= 15 is 0 Å². The second kappa shape index (κ2) is 7.07. The summed E-state index contributed by atoms with van der Waals surface area (Å²) >= 11 is 3.48. The number of halogens is 1. The fraction of sp³-hybridized carbons (Fsp3) is 0.214. The smallest absolute Gasteiger partial charge is 0.333 e. The molecule has 0 unspecified atom stereocenters. The van der Waals surface area contributed by atoms with Crippen LogP contribution in [0.4, 0.5) is 0 Å². The molecule has 0 aliphatic carbocycles. The summed E-state index contributed by atoms with van der Waals surface area (Å²) in [6.07, 6.45) is 3.37. The maximum Gasteiger partial charge on any atom is 0.333 e. The van der Waals surface area contributed by atoms with Crippen LogP contribution in [0.2, 0.25) is 0 Å². The Morgan fingerprint density at radius 1 is 1.35 bits per heavy atom. The minimum Gasteiger partial charge on any atom is -0.466 e. The summed E-state index contributed by atoms with van der Waals surface area (Å²) in [5.41, 5.74) is 1.62. The first-order chi connectivity index (χ1) is 8.13. The lowest BCUT2D eigenvalue weighted by Gasteiger charge is -2.03. The monoisotopic (exact) mass is 294 g/mol. The lowest BCUT2D eigenvalue weighted by Crippen LogP contribution is -2.03. The third-order valence-corrected chi connectivity index (χ3v) is 2.89. The number of carbonyl (C=O) groups excluding carboxylic acids is 1. The van der Waals surface area contributed by atoms with Crippen LogP contribution in [0.25, 0.3) is 6.08 Å². The Labute approximate surface area is 110 Å². The van der Waals surface area contributed by atoms with Gasteiger partial charge >= 0.3 is 5.97 Å². The van der Waals surface area contributed by atoms with Gasteiger partial charge in [0.15, 0.2) is 0 Å². The van der Waals surface area contributed by atoms with E-state index in [1.54, 1.807) is 0 Å². The van der Waals surface area contributed by atoms with E-state index in [4.69, 9.17) is 0 Å². The standard InChI is InChI=1S/C14H15BrO2/c1-11(14(16)17-2)8-9-13(15)10-12-6-4-3-5-7-12/h3-7,10H,1,8-9H2,2H3/b13-10+. The first kappa shape index (κ1) is 13.7. The molecule has 0 N–H and O–H groups in total. The number of esters is 1. The van der Waals surface area contributed by atoms with Crippen molar-refractivity contribution in [1.29, 1.82) is 0 Å². The third-order valence-electron chi connectivity index (χ3n) is 2.26. The molecule has 0 atom stereocenters. The first-order valence-corrected chi connectivity index (χ1v) is 6.10. The van der Waals surface area contributed by atoms with E-state index in [9.17, 15) is 4.79 Å². The number of allylic oxidation sites excluding steroid dienone is 1. The van der Waals surface area contributed by atoms with Crippen LogP contribution in [0, 0.1) is 0 Å². The molecule has 1 rings (SSSR count). The number of carbonyl (C=O) groups is 1. The van der Waals surface area contributed by atoms with Crippen molar-refractivity contribution in [2.75, 3.05) is 7.11 Å². The summed E-state index contributed by atoms with van der Waals surface area (Å²) in [7, 11) is 1.36. The normalized spacial score (nSPS) is 11.1. The summed E-state index contributed by atoms with van der Waals surface area (Å²) in [5.74, 6) is -0.343. The van der Waals surface area contributed by atoms with Crippen LogP contribution in [-0.4, -0.2) is 13.1 Å². The van der Waals surface area contributed by atoms with E-state index in [2.05, 4.69) is 27.2 Å². The zero-order valence-corrected chi connectivity index (χ0v) is 11.4. The Bertz CT molecular complexity index is 421. The molecule has 2 nitrogen and oxygen atoms in total. The average Bonchev–Trinajstić information content (AvgIpc) is 2.36. The van der Waals surface area contributed by atoms with Crippen molar-refractivity contribution >= 4 is 28.0 Å². The fourth-order valence-corrected chi connectivity index (χ4v) is 1.78. The van der Waals surface area contributed by atoms with Crippen molar-refractivity contribution in [2.24, 2.45) is 0 Å². The fourth-order valence-electron chi connectivity index (χ4n) is 1.32. The maximum absolute atomic E-state index is 11.1. The molecule has 0 saturated heterocycles. The largest absolute Gasteiger partial charge is 0.466 e. The molecule has 1 aromatic carbocycles. The van der Waals surface area contributed by atoms with Crippen molar-refractivity contribution in [3.63, 3.8) is 0 Å². The SMILES string of the molecule is C=C(CC/C(Br)=C\c1ccccc1)C(=O)OC. The number of rotatable bonds is 5. The molecular weight excluding hydrogens is 280 g/mol. The Morgan fingerprint density at radius 3 is 2.59 bits per heavy atom. The lowest BCUT2D eigenvalue weighted by atomic mass is 10.1. The van der Waals surface area contributed by atoms with Crippen molar-refractivity contribution < 1.29 is 9.53 Å². The second-order valence-electron chi connectivity index (χ2n) is 3.60. The molecule has 0 saturated carbocycles. The van der Waals surface area contributed by atoms with Crippen LogP contribution in [0.3, 0.4) is 0 Å². The highest BCUT2D eigenvalue weighted by Gasteiger charge is 2.06. The quantitative estimate of drug-likeness (QED) is 0.607. The average molecular weight is 295 g/mol. The molecule has 90 valence electrons. The molecule has 0 radical (unpaired) electrons. The van der Waals surface area contributed by atoms with Gasteiger partial charge in [-0.2, -0.15) is 0 Å². The van der Waals surface area contributed by atoms with Gasteiger partial charge in [0, 0.05) is 5.57 Å². The van der Waals surface area contributed by atoms with E-state index < -0.39 is 0 Å². The first-order valence-electron chi connectivity index (χ1n) is 5.30. The van der Waals surface area contributed by atoms with Crippen LogP contribution in [0.15, 0.2) is 47.0 Å². The zero-order chi connectivity index (χ0) is 12.7. The Balaban J connectivity index is 2.50. The highest BCUT2D eigenvalue weighted by molar-refractivity contribution is 9.11. The summed E-state index contributed by atoms with van der Waals surface area (Å²) in [6, 6.07) is 10.00. The minimum absolute atomic E-state index is 0.343. The number of ether oxygens (including phenoxy) is 1. The molecule has 0 spiro atoms. The van der Waals surface area contributed by atoms with E-state index in [0.29, 0.717) is 12.0 Å². The third kappa shape index (κ3) is 5.00. The molecule has 0 aliphatic rings. The van der Waals surface area contributed by atoms with Crippen LogP contribution in [-0.2, 0) is 9.53 Å². The predicted octanol–water partition coefficient (Wildman–Crippen LogP) is 3.93. The number of benzene rings is 1. The van der Waals surface area contributed by atoms with Gasteiger partial charge in [0.2, 0.25) is 0 Å². The molecule has 0 aromatic heterocycles. The molecule has 0 fully saturated rings. The lowest BCUT2D eigenvalue weighted by molar-refractivity contribution is -0.136. The van der Waals surface area contributed by atoms with E-state index in [0.717, 1.165) is 16.5 Å². The van der Waals surface area contributed by atoms with Crippen LogP contribution >= 0.6 is 15.9 Å². The molecule has 1 aromatic rings. The van der Waals surface area contributed by atoms with E-state index in [1.165, 1.54) is 7.11 Å². The summed E-state index contributed by atoms with van der Waals surface area (Å²) in [5, 5.41) is 0. The van der Waals surface area contributed by atoms with Crippen LogP contribution in [0.1, 0.15) is 18.4 Å². The number of hydrogen-bond donors (Lipinski definition) is 0. The van der Waals surface area contributed by atoms with Crippen molar-refractivity contribution in [1.82, 2.24) is 0 Å². The van der Waals surface area contributed by atoms with Gasteiger partial charge in [0.05, 0.1) is 7.11 Å². The van der Waals surface area contributed by atoms with Gasteiger partial charge in [0.1, 0.15) is 0 Å². The molecule has 0 aliphatic heterocycles. The van der Waals surface area contributed by atoms with Crippen LogP contribution in [0.5, 0.6) is 0 Å². The topological polar surface area (TPSA) is 26.3 Å². The van der Waals surface area contributed by atoms with Gasteiger partial charge in [-0.15, -0.1) is 0 Å². The van der Waals surface area contributed by atoms with Gasteiger partial charge in [-0.25, -0.2) is 4.79 Å². The Hall–Kier alpha value is -1.35. The van der Waals surface area contributed by atoms with E-state index in [-0.39, 0.29) is 5.97 Å². The molecule has 0 bridgehead atoms. The van der Waals surface area contributed by atoms with E-state index in [1.807, 2.05) is 36.4 Å². The zero-order valence-electron chi connectivity index (χ0n) is 9.78. The van der Waals surface area contributed by atoms with Gasteiger partial charge in [0.25, 0.3) is 0 Å². The molecule has 0 amide bonds. The Morgan fingerprint density at radius 2 is 2.00 bits per heavy atom. The molecule has 0 heterocycles. The second-order valence-corrected chi connectivity index (χ2v) is 4.62. The highest BCUT2D eigenvalue weighted by Crippen LogP contribution is 2.20. The Kier molecular flexibility index (Phi) is 5.70. The van der Waals surface area contributed by atoms with Gasteiger partial charge in [-0.3, -0.25) is 0 Å². The number of methoxy groups -OCH3 is 1. The highest BCUT2D eigenvalue weighted by atomic mass is 79.9. The summed E-state index contributed by atoms with van der Waals surface area (Å²) in [4.78, 5) is 11.1. The maximum atomic E-state index is 11.1. The van der Waals surface area contributed by atoms with Crippen molar-refractivity contribution in [2.45, 2.75) is 12.8 Å². The van der Waals surface area contributed by atoms with Gasteiger partial charge in [-0.05, 0) is 29.0 Å². The van der Waals surface area contributed by atoms with Crippen molar-refractivity contribution in [3.05, 3.63) is 52.5 Å². The summed E-state index contributed by atoms with van der Waals surface area (Å²) < 4.78 is 5.63.